The van der Waals surface area contributed by atoms with Gasteiger partial charge >= 0.3 is 5.97 Å². The number of piperazine rings is 1. The molecule has 2 aliphatic rings. The van der Waals surface area contributed by atoms with Crippen LogP contribution in [0.1, 0.15) is 35.8 Å². The van der Waals surface area contributed by atoms with Crippen molar-refractivity contribution in [3.05, 3.63) is 17.5 Å². The lowest BCUT2D eigenvalue weighted by atomic mass is 10.0. The molecule has 4 heterocycles. The first kappa shape index (κ1) is 18.2. The van der Waals surface area contributed by atoms with E-state index in [-0.39, 0.29) is 11.6 Å². The fourth-order valence-corrected chi connectivity index (χ4v) is 4.60. The van der Waals surface area contributed by atoms with Crippen molar-refractivity contribution in [3.63, 3.8) is 0 Å². The van der Waals surface area contributed by atoms with Crippen molar-refractivity contribution < 1.29 is 14.6 Å². The van der Waals surface area contributed by atoms with E-state index in [4.69, 9.17) is 4.74 Å². The Hall–Kier alpha value is -2.19. The normalized spacial score (nSPS) is 23.6. The van der Waals surface area contributed by atoms with E-state index in [2.05, 4.69) is 26.8 Å². The van der Waals surface area contributed by atoms with Gasteiger partial charge in [0.1, 0.15) is 5.56 Å². The summed E-state index contributed by atoms with van der Waals surface area (Å²) >= 11 is 0. The molecular formula is C19H27N5O3. The molecule has 2 saturated heterocycles. The van der Waals surface area contributed by atoms with Crippen LogP contribution < -0.4 is 4.90 Å². The molecule has 0 aliphatic carbocycles. The topological polar surface area (TPSA) is 83.7 Å². The Morgan fingerprint density at radius 1 is 1.37 bits per heavy atom. The second-order valence-corrected chi connectivity index (χ2v) is 7.55. The first-order valence-corrected chi connectivity index (χ1v) is 9.65. The third kappa shape index (κ3) is 3.06. The number of anilines is 1. The van der Waals surface area contributed by atoms with Gasteiger partial charge in [-0.25, -0.2) is 9.78 Å². The minimum atomic E-state index is -0.950. The highest BCUT2D eigenvalue weighted by Crippen LogP contribution is 2.34. The van der Waals surface area contributed by atoms with Crippen LogP contribution in [0.2, 0.25) is 0 Å². The minimum Gasteiger partial charge on any atom is -0.478 e. The summed E-state index contributed by atoms with van der Waals surface area (Å²) in [5.74, 6) is -0.950. The molecule has 1 N–H and O–H groups in total. The summed E-state index contributed by atoms with van der Waals surface area (Å²) in [6.45, 7) is 8.08. The molecule has 0 aromatic carbocycles. The lowest BCUT2D eigenvalue weighted by Crippen LogP contribution is -2.62. The SMILES string of the molecule is CCC[C@H]1COC[C@H]2CN(c3c(C(=O)O)cnc4c3c(C)nn4C)CCN12. The van der Waals surface area contributed by atoms with E-state index < -0.39 is 5.97 Å². The van der Waals surface area contributed by atoms with Crippen LogP contribution in [0, 0.1) is 6.92 Å². The largest absolute Gasteiger partial charge is 0.478 e. The maximum absolute atomic E-state index is 11.9. The molecule has 2 aromatic rings. The van der Waals surface area contributed by atoms with Gasteiger partial charge in [0.05, 0.1) is 36.0 Å². The maximum atomic E-state index is 11.9. The quantitative estimate of drug-likeness (QED) is 0.873. The van der Waals surface area contributed by atoms with Crippen molar-refractivity contribution >= 4 is 22.7 Å². The Balaban J connectivity index is 1.72. The van der Waals surface area contributed by atoms with Crippen molar-refractivity contribution in [2.45, 2.75) is 38.8 Å². The molecule has 0 spiro atoms. The predicted molar refractivity (Wildman–Crippen MR) is 102 cm³/mol. The summed E-state index contributed by atoms with van der Waals surface area (Å²) in [5.41, 5.74) is 2.52. The number of hydrogen-bond donors (Lipinski definition) is 1. The number of pyridine rings is 1. The minimum absolute atomic E-state index is 0.244. The number of morpholine rings is 1. The lowest BCUT2D eigenvalue weighted by molar-refractivity contribution is -0.0557. The van der Waals surface area contributed by atoms with Gasteiger partial charge < -0.3 is 14.7 Å². The molecule has 0 unspecified atom stereocenters. The van der Waals surface area contributed by atoms with Gasteiger partial charge in [-0.3, -0.25) is 9.58 Å². The van der Waals surface area contributed by atoms with Crippen LogP contribution in [-0.2, 0) is 11.8 Å². The van der Waals surface area contributed by atoms with E-state index in [9.17, 15) is 9.90 Å². The van der Waals surface area contributed by atoms with Crippen LogP contribution in [0.15, 0.2) is 6.20 Å². The number of aromatic nitrogens is 3. The molecule has 27 heavy (non-hydrogen) atoms. The third-order valence-corrected chi connectivity index (χ3v) is 5.79. The highest BCUT2D eigenvalue weighted by Gasteiger charge is 2.37. The molecular weight excluding hydrogens is 346 g/mol. The smallest absolute Gasteiger partial charge is 0.339 e. The summed E-state index contributed by atoms with van der Waals surface area (Å²) in [4.78, 5) is 21.0. The predicted octanol–water partition coefficient (Wildman–Crippen LogP) is 1.66. The average molecular weight is 373 g/mol. The Bertz CT molecular complexity index is 863. The Kier molecular flexibility index (Phi) is 4.77. The molecule has 2 aromatic heterocycles. The molecule has 8 nitrogen and oxygen atoms in total. The van der Waals surface area contributed by atoms with Crippen LogP contribution in [0.4, 0.5) is 5.69 Å². The number of rotatable bonds is 4. The van der Waals surface area contributed by atoms with Crippen LogP contribution in [-0.4, -0.2) is 75.7 Å². The standard InChI is InChI=1S/C19H27N5O3/c1-4-5-13-10-27-11-14-9-23(6-7-24(13)14)17-15(19(25)26)8-20-18-16(17)12(2)21-22(18)3/h8,13-14H,4-7,9-11H2,1-3H3,(H,25,26)/t13-,14+/m0/s1. The molecule has 4 rings (SSSR count). The zero-order valence-corrected chi connectivity index (χ0v) is 16.2. The second-order valence-electron chi connectivity index (χ2n) is 7.55. The van der Waals surface area contributed by atoms with Crippen LogP contribution in [0.25, 0.3) is 11.0 Å². The zero-order valence-electron chi connectivity index (χ0n) is 16.2. The molecule has 2 fully saturated rings. The first-order chi connectivity index (χ1) is 13.0. The number of carbonyl (C=O) groups is 1. The summed E-state index contributed by atoms with van der Waals surface area (Å²) < 4.78 is 7.59. The van der Waals surface area contributed by atoms with Gasteiger partial charge in [-0.05, 0) is 13.3 Å². The van der Waals surface area contributed by atoms with E-state index in [1.165, 1.54) is 6.20 Å². The summed E-state index contributed by atoms with van der Waals surface area (Å²) in [5, 5.41) is 15.1. The maximum Gasteiger partial charge on any atom is 0.339 e. The number of ether oxygens (including phenoxy) is 1. The number of aromatic carboxylic acids is 1. The third-order valence-electron chi connectivity index (χ3n) is 5.79. The molecule has 8 heteroatoms. The lowest BCUT2D eigenvalue weighted by Gasteiger charge is -2.48. The number of aryl methyl sites for hydroxylation is 2. The van der Waals surface area contributed by atoms with Crippen molar-refractivity contribution in [1.29, 1.82) is 0 Å². The first-order valence-electron chi connectivity index (χ1n) is 9.65. The summed E-state index contributed by atoms with van der Waals surface area (Å²) in [6.07, 6.45) is 3.74. The van der Waals surface area contributed by atoms with Gasteiger partial charge in [-0.2, -0.15) is 5.10 Å². The van der Waals surface area contributed by atoms with Gasteiger partial charge in [0.25, 0.3) is 0 Å². The summed E-state index contributed by atoms with van der Waals surface area (Å²) in [7, 11) is 1.84. The fourth-order valence-electron chi connectivity index (χ4n) is 4.60. The van der Waals surface area contributed by atoms with Crippen LogP contribution in [0.3, 0.4) is 0 Å². The molecule has 2 aliphatic heterocycles. The number of carboxylic acids is 1. The van der Waals surface area contributed by atoms with Gasteiger partial charge in [-0.15, -0.1) is 0 Å². The van der Waals surface area contributed by atoms with Gasteiger partial charge in [0.2, 0.25) is 0 Å². The highest BCUT2D eigenvalue weighted by atomic mass is 16.5. The Labute approximate surface area is 158 Å². The van der Waals surface area contributed by atoms with E-state index in [0.717, 1.165) is 61.5 Å². The number of hydrogen-bond acceptors (Lipinski definition) is 6. The van der Waals surface area contributed by atoms with Crippen molar-refractivity contribution in [2.75, 3.05) is 37.7 Å². The van der Waals surface area contributed by atoms with Crippen LogP contribution in [0.5, 0.6) is 0 Å². The molecule has 2 atom stereocenters. The Morgan fingerprint density at radius 3 is 2.93 bits per heavy atom. The second kappa shape index (κ2) is 7.09. The van der Waals surface area contributed by atoms with E-state index in [0.29, 0.717) is 12.6 Å². The van der Waals surface area contributed by atoms with Crippen LogP contribution >= 0.6 is 0 Å². The Morgan fingerprint density at radius 2 is 2.19 bits per heavy atom. The molecule has 0 saturated carbocycles. The van der Waals surface area contributed by atoms with E-state index in [1.54, 1.807) is 4.68 Å². The van der Waals surface area contributed by atoms with Crippen molar-refractivity contribution in [1.82, 2.24) is 19.7 Å². The monoisotopic (exact) mass is 373 g/mol. The van der Waals surface area contributed by atoms with Crippen molar-refractivity contribution in [3.8, 4) is 0 Å². The zero-order chi connectivity index (χ0) is 19.1. The number of carboxylic acid groups (broad SMARTS) is 1. The highest BCUT2D eigenvalue weighted by molar-refractivity contribution is 6.04. The van der Waals surface area contributed by atoms with E-state index in [1.807, 2.05) is 14.0 Å². The van der Waals surface area contributed by atoms with Gasteiger partial charge in [0, 0.05) is 38.9 Å². The molecule has 0 radical (unpaired) electrons. The van der Waals surface area contributed by atoms with Crippen molar-refractivity contribution in [2.24, 2.45) is 7.05 Å². The van der Waals surface area contributed by atoms with E-state index >= 15 is 0 Å². The summed E-state index contributed by atoms with van der Waals surface area (Å²) in [6, 6.07) is 0.748. The van der Waals surface area contributed by atoms with Gasteiger partial charge in [0.15, 0.2) is 5.65 Å². The average Bonchev–Trinajstić information content (AvgIpc) is 2.95. The molecule has 146 valence electrons. The molecule has 0 amide bonds. The number of fused-ring (bicyclic) bond motifs is 2. The number of nitrogens with zero attached hydrogens (tertiary/aromatic N) is 5. The van der Waals surface area contributed by atoms with Gasteiger partial charge in [-0.1, -0.05) is 13.3 Å². The molecule has 0 bridgehead atoms. The fraction of sp³-hybridized carbons (Fsp3) is 0.632.